The average molecular weight is 314 g/mol. The van der Waals surface area contributed by atoms with Crippen molar-refractivity contribution in [1.82, 2.24) is 10.6 Å². The van der Waals surface area contributed by atoms with E-state index in [1.165, 1.54) is 24.7 Å². The molecule has 0 saturated carbocycles. The second kappa shape index (κ2) is 8.43. The van der Waals surface area contributed by atoms with Gasteiger partial charge in [-0.3, -0.25) is 9.59 Å². The Labute approximate surface area is 133 Å². The highest BCUT2D eigenvalue weighted by molar-refractivity contribution is 5.92. The third-order valence-electron chi connectivity index (χ3n) is 2.86. The average Bonchev–Trinajstić information content (AvgIpc) is 3.22. The number of nitrogens with one attached hydrogen (secondary N) is 2. The van der Waals surface area contributed by atoms with Crippen molar-refractivity contribution in [2.24, 2.45) is 0 Å². The summed E-state index contributed by atoms with van der Waals surface area (Å²) in [7, 11) is 0. The molecule has 0 aliphatic carbocycles. The lowest BCUT2D eigenvalue weighted by molar-refractivity contribution is -0.118. The van der Waals surface area contributed by atoms with Crippen LogP contribution in [0.15, 0.2) is 57.8 Å². The van der Waals surface area contributed by atoms with E-state index in [9.17, 15) is 9.59 Å². The molecule has 0 aliphatic rings. The van der Waals surface area contributed by atoms with E-state index in [-0.39, 0.29) is 17.9 Å². The van der Waals surface area contributed by atoms with Crippen LogP contribution in [0.5, 0.6) is 0 Å². The van der Waals surface area contributed by atoms with Crippen LogP contribution >= 0.6 is 0 Å². The topological polar surface area (TPSA) is 84.5 Å². The Morgan fingerprint density at radius 3 is 2.13 bits per heavy atom. The van der Waals surface area contributed by atoms with Crippen molar-refractivity contribution in [3.8, 4) is 0 Å². The van der Waals surface area contributed by atoms with Crippen molar-refractivity contribution < 1.29 is 18.4 Å². The highest BCUT2D eigenvalue weighted by atomic mass is 16.3. The molecule has 1 atom stereocenters. The summed E-state index contributed by atoms with van der Waals surface area (Å²) in [6.45, 7) is 2.12. The molecule has 6 nitrogen and oxygen atoms in total. The van der Waals surface area contributed by atoms with E-state index in [0.717, 1.165) is 0 Å². The monoisotopic (exact) mass is 314 g/mol. The van der Waals surface area contributed by atoms with Gasteiger partial charge in [0.25, 0.3) is 0 Å². The van der Waals surface area contributed by atoms with Crippen molar-refractivity contribution in [3.63, 3.8) is 0 Å². The van der Waals surface area contributed by atoms with Gasteiger partial charge in [-0.15, -0.1) is 0 Å². The normalized spacial score (nSPS) is 12.6. The van der Waals surface area contributed by atoms with Crippen molar-refractivity contribution in [1.29, 1.82) is 0 Å². The maximum atomic E-state index is 11.7. The molecule has 0 saturated heterocycles. The van der Waals surface area contributed by atoms with Gasteiger partial charge in [-0.1, -0.05) is 0 Å². The first-order valence-electron chi connectivity index (χ1n) is 7.15. The Morgan fingerprint density at radius 1 is 1.04 bits per heavy atom. The van der Waals surface area contributed by atoms with Gasteiger partial charge in [-0.2, -0.15) is 0 Å². The van der Waals surface area contributed by atoms with E-state index in [2.05, 4.69) is 10.6 Å². The number of hydrogen-bond acceptors (Lipinski definition) is 4. The van der Waals surface area contributed by atoms with Gasteiger partial charge in [-0.25, -0.2) is 0 Å². The van der Waals surface area contributed by atoms with Gasteiger partial charge >= 0.3 is 0 Å². The Balaban J connectivity index is 1.69. The molecular formula is C17H18N2O4. The van der Waals surface area contributed by atoms with Gasteiger partial charge in [0, 0.05) is 24.7 Å². The second-order valence-electron chi connectivity index (χ2n) is 4.85. The zero-order chi connectivity index (χ0) is 16.5. The summed E-state index contributed by atoms with van der Waals surface area (Å²) in [5.74, 6) is 0.691. The molecule has 0 radical (unpaired) electrons. The number of rotatable bonds is 7. The smallest absolute Gasteiger partial charge is 0.244 e. The maximum absolute atomic E-state index is 11.7. The van der Waals surface area contributed by atoms with Crippen molar-refractivity contribution in [2.45, 2.75) is 13.0 Å². The van der Waals surface area contributed by atoms with Crippen LogP contribution in [0, 0.1) is 0 Å². The SMILES string of the molecule is C[C@H](CNC(=O)/C=C/c1ccco1)NC(=O)/C=C/c1ccco1. The molecule has 0 aliphatic heterocycles. The van der Waals surface area contributed by atoms with Gasteiger partial charge in [0.1, 0.15) is 11.5 Å². The maximum Gasteiger partial charge on any atom is 0.244 e. The minimum absolute atomic E-state index is 0.204. The molecule has 0 unspecified atom stereocenters. The molecule has 2 N–H and O–H groups in total. The van der Waals surface area contributed by atoms with Crippen LogP contribution in [0.25, 0.3) is 12.2 Å². The molecule has 6 heteroatoms. The van der Waals surface area contributed by atoms with Crippen LogP contribution < -0.4 is 10.6 Å². The van der Waals surface area contributed by atoms with Gasteiger partial charge in [0.05, 0.1) is 12.5 Å². The molecule has 0 spiro atoms. The largest absolute Gasteiger partial charge is 0.465 e. The zero-order valence-corrected chi connectivity index (χ0v) is 12.7. The minimum Gasteiger partial charge on any atom is -0.465 e. The highest BCUT2D eigenvalue weighted by Crippen LogP contribution is 2.02. The molecule has 2 heterocycles. The molecule has 2 aromatic rings. The summed E-state index contributed by atoms with van der Waals surface area (Å²) in [6.07, 6.45) is 8.98. The van der Waals surface area contributed by atoms with Crippen LogP contribution in [-0.2, 0) is 9.59 Å². The quantitative estimate of drug-likeness (QED) is 0.768. The standard InChI is InChI=1S/C17H18N2O4/c1-13(19-17(21)9-7-15-5-3-11-23-15)12-18-16(20)8-6-14-4-2-10-22-14/h2-11,13H,12H2,1H3,(H,18,20)(H,19,21)/b8-6+,9-7+/t13-/m1/s1. The lowest BCUT2D eigenvalue weighted by atomic mass is 10.3. The fraction of sp³-hybridized carbons (Fsp3) is 0.176. The Bertz CT molecular complexity index is 670. The molecule has 23 heavy (non-hydrogen) atoms. The molecular weight excluding hydrogens is 296 g/mol. The Hall–Kier alpha value is -3.02. The lowest BCUT2D eigenvalue weighted by Crippen LogP contribution is -2.40. The van der Waals surface area contributed by atoms with E-state index < -0.39 is 0 Å². The molecule has 2 aromatic heterocycles. The third-order valence-corrected chi connectivity index (χ3v) is 2.86. The summed E-state index contributed by atoms with van der Waals surface area (Å²) in [5, 5.41) is 5.44. The van der Waals surface area contributed by atoms with E-state index in [1.54, 1.807) is 43.3 Å². The number of carbonyl (C=O) groups excluding carboxylic acids is 2. The first-order chi connectivity index (χ1) is 11.1. The minimum atomic E-state index is -0.256. The van der Waals surface area contributed by atoms with Crippen LogP contribution in [0.4, 0.5) is 0 Å². The Kier molecular flexibility index (Phi) is 5.99. The molecule has 0 fully saturated rings. The number of furan rings is 2. The van der Waals surface area contributed by atoms with Gasteiger partial charge in [-0.05, 0) is 43.3 Å². The zero-order valence-electron chi connectivity index (χ0n) is 12.7. The predicted molar refractivity (Wildman–Crippen MR) is 86.1 cm³/mol. The van der Waals surface area contributed by atoms with Gasteiger partial charge in [0.2, 0.25) is 11.8 Å². The van der Waals surface area contributed by atoms with Crippen LogP contribution in [0.1, 0.15) is 18.4 Å². The summed E-state index contributed by atoms with van der Waals surface area (Å²) in [4.78, 5) is 23.3. The molecule has 2 rings (SSSR count). The van der Waals surface area contributed by atoms with Crippen LogP contribution in [-0.4, -0.2) is 24.4 Å². The molecule has 0 aromatic carbocycles. The summed E-state index contributed by atoms with van der Waals surface area (Å²) in [6, 6.07) is 6.78. The first-order valence-corrected chi connectivity index (χ1v) is 7.15. The number of amides is 2. The van der Waals surface area contributed by atoms with E-state index >= 15 is 0 Å². The second-order valence-corrected chi connectivity index (χ2v) is 4.85. The van der Waals surface area contributed by atoms with E-state index in [4.69, 9.17) is 8.83 Å². The predicted octanol–water partition coefficient (Wildman–Crippen LogP) is 2.22. The highest BCUT2D eigenvalue weighted by Gasteiger charge is 2.06. The molecule has 0 bridgehead atoms. The lowest BCUT2D eigenvalue weighted by Gasteiger charge is -2.12. The first kappa shape index (κ1) is 16.4. The van der Waals surface area contributed by atoms with Crippen LogP contribution in [0.3, 0.4) is 0 Å². The van der Waals surface area contributed by atoms with Crippen molar-refractivity contribution in [3.05, 3.63) is 60.5 Å². The molecule has 120 valence electrons. The fourth-order valence-electron chi connectivity index (χ4n) is 1.74. The summed E-state index contributed by atoms with van der Waals surface area (Å²) >= 11 is 0. The summed E-state index contributed by atoms with van der Waals surface area (Å²) in [5.41, 5.74) is 0. The summed E-state index contributed by atoms with van der Waals surface area (Å²) < 4.78 is 10.2. The van der Waals surface area contributed by atoms with E-state index in [0.29, 0.717) is 18.1 Å². The van der Waals surface area contributed by atoms with Gasteiger partial charge < -0.3 is 19.5 Å². The third kappa shape index (κ3) is 6.09. The molecule has 2 amide bonds. The van der Waals surface area contributed by atoms with Crippen LogP contribution in [0.2, 0.25) is 0 Å². The fourth-order valence-corrected chi connectivity index (χ4v) is 1.74. The number of hydrogen-bond donors (Lipinski definition) is 2. The van der Waals surface area contributed by atoms with Crippen molar-refractivity contribution in [2.75, 3.05) is 6.54 Å². The van der Waals surface area contributed by atoms with Gasteiger partial charge in [0.15, 0.2) is 0 Å². The number of carbonyl (C=O) groups is 2. The van der Waals surface area contributed by atoms with E-state index in [1.807, 2.05) is 0 Å². The van der Waals surface area contributed by atoms with Crippen molar-refractivity contribution >= 4 is 24.0 Å². The Morgan fingerprint density at radius 2 is 1.61 bits per heavy atom.